The number of ether oxygens (including phenoxy) is 1. The molecule has 1 saturated heterocycles. The van der Waals surface area contributed by atoms with Crippen LogP contribution in [0.5, 0.6) is 0 Å². The lowest BCUT2D eigenvalue weighted by atomic mass is 9.93. The Balaban J connectivity index is 0.00000576. The van der Waals surface area contributed by atoms with Crippen LogP contribution in [0, 0.1) is 5.41 Å². The number of hydrogen-bond donors (Lipinski definition) is 2. The summed E-state index contributed by atoms with van der Waals surface area (Å²) in [5, 5.41) is 2.62. The molecule has 0 aliphatic carbocycles. The van der Waals surface area contributed by atoms with Crippen molar-refractivity contribution in [2.75, 3.05) is 39.8 Å². The molecule has 1 rings (SSSR count). The lowest BCUT2D eigenvalue weighted by molar-refractivity contribution is -0.128. The van der Waals surface area contributed by atoms with Gasteiger partial charge in [0.1, 0.15) is 5.60 Å². The molecular formula is C16H32IN5O3. The average Bonchev–Trinajstić information content (AvgIpc) is 2.50. The summed E-state index contributed by atoms with van der Waals surface area (Å²) in [5.74, 6) is 0.324. The summed E-state index contributed by atoms with van der Waals surface area (Å²) in [7, 11) is 1.60. The zero-order chi connectivity index (χ0) is 18.5. The molecule has 0 unspecified atom stereocenters. The van der Waals surface area contributed by atoms with Gasteiger partial charge < -0.3 is 25.6 Å². The van der Waals surface area contributed by atoms with E-state index in [1.807, 2.05) is 39.5 Å². The van der Waals surface area contributed by atoms with Gasteiger partial charge in [-0.1, -0.05) is 0 Å². The predicted molar refractivity (Wildman–Crippen MR) is 109 cm³/mol. The highest BCUT2D eigenvalue weighted by Crippen LogP contribution is 2.16. The molecule has 9 heteroatoms. The fourth-order valence-electron chi connectivity index (χ4n) is 2.23. The van der Waals surface area contributed by atoms with Crippen LogP contribution in [0.25, 0.3) is 0 Å². The standard InChI is InChI=1S/C16H31N5O3.HI/c1-15(2,3)24-14(23)21-9-7-20(8-10-21)13(17)19-11-16(4,5)12(22)18-6;/h7-11H2,1-6H3,(H2,17,19)(H,18,22);1H. The smallest absolute Gasteiger partial charge is 0.410 e. The quantitative estimate of drug-likeness (QED) is 0.368. The maximum atomic E-state index is 12.0. The van der Waals surface area contributed by atoms with Gasteiger partial charge in [-0.15, -0.1) is 24.0 Å². The van der Waals surface area contributed by atoms with Gasteiger partial charge in [0.2, 0.25) is 5.91 Å². The van der Waals surface area contributed by atoms with Crippen LogP contribution in [0.2, 0.25) is 0 Å². The molecule has 0 atom stereocenters. The number of rotatable bonds is 3. The van der Waals surface area contributed by atoms with E-state index in [1.54, 1.807) is 11.9 Å². The summed E-state index contributed by atoms with van der Waals surface area (Å²) in [5.41, 5.74) is 4.92. The molecule has 1 aliphatic heterocycles. The highest BCUT2D eigenvalue weighted by Gasteiger charge is 2.28. The lowest BCUT2D eigenvalue weighted by Crippen LogP contribution is -2.53. The van der Waals surface area contributed by atoms with E-state index in [1.165, 1.54) is 0 Å². The van der Waals surface area contributed by atoms with Gasteiger partial charge in [-0.05, 0) is 34.6 Å². The van der Waals surface area contributed by atoms with E-state index >= 15 is 0 Å². The Morgan fingerprint density at radius 2 is 1.56 bits per heavy atom. The summed E-state index contributed by atoms with van der Waals surface area (Å²) in [4.78, 5) is 31.7. The molecule has 146 valence electrons. The molecule has 0 saturated carbocycles. The average molecular weight is 469 g/mol. The zero-order valence-corrected chi connectivity index (χ0v) is 18.4. The van der Waals surface area contributed by atoms with Crippen molar-refractivity contribution in [3.05, 3.63) is 0 Å². The van der Waals surface area contributed by atoms with Gasteiger partial charge in [0.05, 0.1) is 12.0 Å². The third kappa shape index (κ3) is 7.66. The monoisotopic (exact) mass is 469 g/mol. The Labute approximate surface area is 167 Å². The van der Waals surface area contributed by atoms with Crippen molar-refractivity contribution in [2.24, 2.45) is 16.1 Å². The molecule has 3 N–H and O–H groups in total. The molecule has 1 aliphatic rings. The molecule has 1 heterocycles. The number of nitrogens with one attached hydrogen (secondary N) is 1. The molecule has 0 bridgehead atoms. The van der Waals surface area contributed by atoms with Gasteiger partial charge in [-0.3, -0.25) is 9.79 Å². The molecule has 8 nitrogen and oxygen atoms in total. The van der Waals surface area contributed by atoms with Crippen molar-refractivity contribution in [3.63, 3.8) is 0 Å². The molecule has 0 aromatic heterocycles. The first-order chi connectivity index (χ1) is 11.0. The van der Waals surface area contributed by atoms with Crippen LogP contribution < -0.4 is 11.1 Å². The van der Waals surface area contributed by atoms with Gasteiger partial charge in [-0.2, -0.15) is 0 Å². The van der Waals surface area contributed by atoms with Crippen LogP contribution in [0.3, 0.4) is 0 Å². The second-order valence-corrected chi connectivity index (χ2v) is 7.59. The van der Waals surface area contributed by atoms with Crippen LogP contribution in [-0.2, 0) is 9.53 Å². The van der Waals surface area contributed by atoms with Crippen molar-refractivity contribution in [2.45, 2.75) is 40.2 Å². The number of nitrogens with zero attached hydrogens (tertiary/aromatic N) is 3. The van der Waals surface area contributed by atoms with E-state index < -0.39 is 11.0 Å². The highest BCUT2D eigenvalue weighted by molar-refractivity contribution is 14.0. The normalized spacial score (nSPS) is 16.2. The van der Waals surface area contributed by atoms with Crippen molar-refractivity contribution in [1.82, 2.24) is 15.1 Å². The second kappa shape index (κ2) is 9.44. The SMILES string of the molecule is CNC(=O)C(C)(C)CN=C(N)N1CCN(C(=O)OC(C)(C)C)CC1.I. The van der Waals surface area contributed by atoms with Gasteiger partial charge in [0.15, 0.2) is 5.96 Å². The number of hydrogen-bond acceptors (Lipinski definition) is 4. The number of halogens is 1. The third-order valence-corrected chi connectivity index (χ3v) is 3.73. The third-order valence-electron chi connectivity index (χ3n) is 3.73. The number of piperazine rings is 1. The Morgan fingerprint density at radius 1 is 1.08 bits per heavy atom. The van der Waals surface area contributed by atoms with Crippen molar-refractivity contribution < 1.29 is 14.3 Å². The summed E-state index contributed by atoms with van der Waals surface area (Å²) < 4.78 is 5.37. The van der Waals surface area contributed by atoms with E-state index in [4.69, 9.17) is 10.5 Å². The molecule has 0 aromatic carbocycles. The summed E-state index contributed by atoms with van der Waals surface area (Å²) >= 11 is 0. The summed E-state index contributed by atoms with van der Waals surface area (Å²) in [6, 6.07) is 0. The first kappa shape index (κ1) is 23.7. The minimum atomic E-state index is -0.613. The number of aliphatic imine (C=N–C) groups is 1. The van der Waals surface area contributed by atoms with Crippen LogP contribution in [0.15, 0.2) is 4.99 Å². The van der Waals surface area contributed by atoms with E-state index in [0.717, 1.165) is 0 Å². The Hall–Kier alpha value is -1.26. The lowest BCUT2D eigenvalue weighted by Gasteiger charge is -2.36. The molecule has 2 amide bonds. The largest absolute Gasteiger partial charge is 0.444 e. The maximum Gasteiger partial charge on any atom is 0.410 e. The minimum Gasteiger partial charge on any atom is -0.444 e. The van der Waals surface area contributed by atoms with Gasteiger partial charge in [-0.25, -0.2) is 4.79 Å². The van der Waals surface area contributed by atoms with E-state index in [0.29, 0.717) is 38.7 Å². The number of carbonyl (C=O) groups excluding carboxylic acids is 2. The fourth-order valence-corrected chi connectivity index (χ4v) is 2.23. The van der Waals surface area contributed by atoms with Gasteiger partial charge in [0.25, 0.3) is 0 Å². The minimum absolute atomic E-state index is 0. The van der Waals surface area contributed by atoms with Gasteiger partial charge >= 0.3 is 6.09 Å². The highest BCUT2D eigenvalue weighted by atomic mass is 127. The zero-order valence-electron chi connectivity index (χ0n) is 16.1. The van der Waals surface area contributed by atoms with Crippen LogP contribution in [0.1, 0.15) is 34.6 Å². The molecular weight excluding hydrogens is 437 g/mol. The summed E-state index contributed by atoms with van der Waals surface area (Å²) in [6.07, 6.45) is -0.307. The first-order valence-electron chi connectivity index (χ1n) is 8.21. The van der Waals surface area contributed by atoms with E-state index in [-0.39, 0.29) is 36.0 Å². The maximum absolute atomic E-state index is 12.0. The second-order valence-electron chi connectivity index (χ2n) is 7.59. The molecule has 0 aromatic rings. The van der Waals surface area contributed by atoms with Gasteiger partial charge in [0, 0.05) is 33.2 Å². The first-order valence-corrected chi connectivity index (χ1v) is 8.21. The van der Waals surface area contributed by atoms with Crippen LogP contribution in [0.4, 0.5) is 4.79 Å². The Morgan fingerprint density at radius 3 is 2.00 bits per heavy atom. The van der Waals surface area contributed by atoms with E-state index in [9.17, 15) is 9.59 Å². The van der Waals surface area contributed by atoms with Crippen molar-refractivity contribution in [3.8, 4) is 0 Å². The van der Waals surface area contributed by atoms with Crippen molar-refractivity contribution in [1.29, 1.82) is 0 Å². The summed E-state index contributed by atoms with van der Waals surface area (Å²) in [6.45, 7) is 11.7. The molecule has 25 heavy (non-hydrogen) atoms. The Bertz CT molecular complexity index is 494. The van der Waals surface area contributed by atoms with Crippen molar-refractivity contribution >= 4 is 41.9 Å². The van der Waals surface area contributed by atoms with Crippen LogP contribution >= 0.6 is 24.0 Å². The van der Waals surface area contributed by atoms with Crippen LogP contribution in [-0.4, -0.2) is 73.1 Å². The predicted octanol–water partition coefficient (Wildman–Crippen LogP) is 1.24. The molecule has 1 fully saturated rings. The molecule has 0 radical (unpaired) electrons. The number of nitrogens with two attached hydrogens (primary N) is 1. The number of carbonyl (C=O) groups is 2. The topological polar surface area (TPSA) is 100 Å². The molecule has 0 spiro atoms. The van der Waals surface area contributed by atoms with E-state index in [2.05, 4.69) is 10.3 Å². The fraction of sp³-hybridized carbons (Fsp3) is 0.812. The number of guanidine groups is 1. The number of amides is 2. The Kier molecular flexibility index (Phi) is 8.97.